The van der Waals surface area contributed by atoms with E-state index in [-0.39, 0.29) is 37.1 Å². The van der Waals surface area contributed by atoms with Gasteiger partial charge in [-0.05, 0) is 72.2 Å². The lowest BCUT2D eigenvalue weighted by Crippen LogP contribution is -2.39. The third kappa shape index (κ3) is 8.46. The molecule has 2 aliphatic rings. The number of anilines is 3. The quantitative estimate of drug-likeness (QED) is 0.151. The van der Waals surface area contributed by atoms with Gasteiger partial charge in [-0.25, -0.2) is 19.3 Å². The maximum absolute atomic E-state index is 13.4. The predicted molar refractivity (Wildman–Crippen MR) is 208 cm³/mol. The monoisotopic (exact) mass is 815 g/mol. The highest BCUT2D eigenvalue weighted by Crippen LogP contribution is 2.31. The molecule has 1 aromatic carbocycles. The molecule has 2 atom stereocenters. The third-order valence-corrected chi connectivity index (χ3v) is 10.1. The normalized spacial score (nSPS) is 17.1. The minimum atomic E-state index is -0.834. The smallest absolute Gasteiger partial charge is 0.314 e. The molecule has 17 heteroatoms. The van der Waals surface area contributed by atoms with E-state index in [0.29, 0.717) is 34.0 Å². The molecule has 0 spiro atoms. The Hall–Kier alpha value is -5.16. The summed E-state index contributed by atoms with van der Waals surface area (Å²) < 4.78 is 15.9. The van der Waals surface area contributed by atoms with Gasteiger partial charge in [0.1, 0.15) is 35.1 Å². The molecule has 0 radical (unpaired) electrons. The number of ether oxygens (including phenoxy) is 2. The topological polar surface area (TPSA) is 194 Å². The van der Waals surface area contributed by atoms with Crippen LogP contribution in [0, 0.1) is 0 Å². The van der Waals surface area contributed by atoms with Crippen molar-refractivity contribution in [3.8, 4) is 0 Å². The molecule has 5 aromatic heterocycles. The van der Waals surface area contributed by atoms with Crippen molar-refractivity contribution in [2.75, 3.05) is 30.0 Å². The first-order chi connectivity index (χ1) is 26.2. The minimum absolute atomic E-state index is 0.0300. The van der Waals surface area contributed by atoms with Crippen LogP contribution < -0.4 is 16.8 Å². The molecule has 0 aliphatic carbocycles. The fourth-order valence-corrected chi connectivity index (χ4v) is 6.92. The standard InChI is InChI=1S/C26H26ClN7O3.C11H13BrN4O/c27-19-9-6-11-29-21(19)16-33(14-17-7-2-1-3-8-17)26(36)25(35)31-20-13-30-24(28)18-15-34(32-23(18)20)22-10-4-5-12-37-22;12-8-5-14-11(13)7-6-16(15-10(7)8)9-3-1-2-4-17-9/h1-3,6-9,11,13,15,22H,4-5,10,12,14,16H2,(H2,28,30)(H,31,35);5-6,9H,1-4H2,(H2,13,14). The van der Waals surface area contributed by atoms with Crippen molar-refractivity contribution < 1.29 is 19.1 Å². The summed E-state index contributed by atoms with van der Waals surface area (Å²) in [6.07, 6.45) is 14.3. The second kappa shape index (κ2) is 16.9. The summed E-state index contributed by atoms with van der Waals surface area (Å²) in [4.78, 5) is 40.5. The highest BCUT2D eigenvalue weighted by atomic mass is 79.9. The van der Waals surface area contributed by atoms with E-state index in [2.05, 4.69) is 46.4 Å². The molecule has 0 saturated carbocycles. The van der Waals surface area contributed by atoms with Crippen LogP contribution in [0.15, 0.2) is 77.9 Å². The first-order valence-electron chi connectivity index (χ1n) is 17.6. The summed E-state index contributed by atoms with van der Waals surface area (Å²) in [6, 6.07) is 12.8. The summed E-state index contributed by atoms with van der Waals surface area (Å²) in [6.45, 7) is 1.72. The molecule has 5 N–H and O–H groups in total. The second-order valence-electron chi connectivity index (χ2n) is 13.0. The van der Waals surface area contributed by atoms with Gasteiger partial charge in [0, 0.05) is 44.5 Å². The van der Waals surface area contributed by atoms with E-state index in [1.54, 1.807) is 35.4 Å². The predicted octanol–water partition coefficient (Wildman–Crippen LogP) is 6.40. The molecule has 54 heavy (non-hydrogen) atoms. The lowest BCUT2D eigenvalue weighted by molar-refractivity contribution is -0.144. The van der Waals surface area contributed by atoms with Crippen LogP contribution in [-0.2, 0) is 32.2 Å². The number of pyridine rings is 3. The number of halogens is 2. The van der Waals surface area contributed by atoms with Crippen molar-refractivity contribution in [2.45, 2.75) is 64.1 Å². The molecule has 2 amide bonds. The van der Waals surface area contributed by atoms with Crippen LogP contribution in [0.25, 0.3) is 21.8 Å². The fourth-order valence-electron chi connectivity index (χ4n) is 6.34. The van der Waals surface area contributed by atoms with E-state index in [1.165, 1.54) is 17.5 Å². The first kappa shape index (κ1) is 37.2. The molecular weight excluding hydrogens is 778 g/mol. The van der Waals surface area contributed by atoms with Crippen molar-refractivity contribution in [3.63, 3.8) is 0 Å². The Morgan fingerprint density at radius 3 is 2.07 bits per heavy atom. The zero-order valence-electron chi connectivity index (χ0n) is 29.3. The van der Waals surface area contributed by atoms with Crippen LogP contribution in [0.4, 0.5) is 17.3 Å². The summed E-state index contributed by atoms with van der Waals surface area (Å²) in [7, 11) is 0. The van der Waals surface area contributed by atoms with Crippen LogP contribution in [0.1, 0.15) is 62.2 Å². The average Bonchev–Trinajstić information content (AvgIpc) is 3.87. The lowest BCUT2D eigenvalue weighted by Gasteiger charge is -2.22. The average molecular weight is 817 g/mol. The van der Waals surface area contributed by atoms with Crippen LogP contribution in [-0.4, -0.2) is 64.4 Å². The molecule has 7 heterocycles. The van der Waals surface area contributed by atoms with Gasteiger partial charge in [0.15, 0.2) is 0 Å². The molecule has 2 aliphatic heterocycles. The number of rotatable bonds is 7. The van der Waals surface area contributed by atoms with Crippen LogP contribution >= 0.6 is 27.5 Å². The molecule has 2 fully saturated rings. The largest absolute Gasteiger partial charge is 0.383 e. The minimum Gasteiger partial charge on any atom is -0.383 e. The van der Waals surface area contributed by atoms with Gasteiger partial charge in [-0.15, -0.1) is 0 Å². The molecular formula is C37H39BrClN11O4. The summed E-state index contributed by atoms with van der Waals surface area (Å²) >= 11 is 9.72. The number of aromatic nitrogens is 7. The number of hydrogen-bond donors (Lipinski definition) is 3. The van der Waals surface area contributed by atoms with Gasteiger partial charge in [-0.3, -0.25) is 14.6 Å². The molecule has 8 rings (SSSR count). The Kier molecular flexibility index (Phi) is 11.6. The van der Waals surface area contributed by atoms with Gasteiger partial charge in [0.25, 0.3) is 0 Å². The molecule has 0 bridgehead atoms. The Labute approximate surface area is 324 Å². The van der Waals surface area contributed by atoms with Gasteiger partial charge in [-0.1, -0.05) is 41.9 Å². The van der Waals surface area contributed by atoms with Gasteiger partial charge < -0.3 is 31.2 Å². The number of benzene rings is 1. The third-order valence-electron chi connectivity index (χ3n) is 9.17. The summed E-state index contributed by atoms with van der Waals surface area (Å²) in [5.41, 5.74) is 14.8. The highest BCUT2D eigenvalue weighted by molar-refractivity contribution is 9.10. The Morgan fingerprint density at radius 2 is 1.46 bits per heavy atom. The highest BCUT2D eigenvalue weighted by Gasteiger charge is 2.26. The molecule has 15 nitrogen and oxygen atoms in total. The van der Waals surface area contributed by atoms with Crippen molar-refractivity contribution >= 4 is 78.5 Å². The van der Waals surface area contributed by atoms with Crippen molar-refractivity contribution in [1.82, 2.24) is 39.4 Å². The molecule has 280 valence electrons. The number of nitrogen functional groups attached to an aromatic ring is 2. The van der Waals surface area contributed by atoms with E-state index >= 15 is 0 Å². The van der Waals surface area contributed by atoms with Gasteiger partial charge >= 0.3 is 11.8 Å². The van der Waals surface area contributed by atoms with Crippen LogP contribution in [0.5, 0.6) is 0 Å². The maximum Gasteiger partial charge on any atom is 0.314 e. The van der Waals surface area contributed by atoms with E-state index in [9.17, 15) is 9.59 Å². The van der Waals surface area contributed by atoms with Crippen LogP contribution in [0.3, 0.4) is 0 Å². The maximum atomic E-state index is 13.4. The van der Waals surface area contributed by atoms with E-state index in [1.807, 2.05) is 41.2 Å². The fraction of sp³-hybridized carbons (Fsp3) is 0.324. The zero-order valence-corrected chi connectivity index (χ0v) is 31.6. The Morgan fingerprint density at radius 1 is 0.833 bits per heavy atom. The lowest BCUT2D eigenvalue weighted by atomic mass is 10.2. The number of fused-ring (bicyclic) bond motifs is 2. The van der Waals surface area contributed by atoms with Crippen molar-refractivity contribution in [2.24, 2.45) is 0 Å². The summed E-state index contributed by atoms with van der Waals surface area (Å²) in [5, 5.41) is 13.7. The zero-order chi connectivity index (χ0) is 37.6. The van der Waals surface area contributed by atoms with E-state index in [0.717, 1.165) is 59.7 Å². The van der Waals surface area contributed by atoms with E-state index < -0.39 is 11.8 Å². The number of nitrogens with two attached hydrogens (primary N) is 2. The Bertz CT molecular complexity index is 2220. The van der Waals surface area contributed by atoms with Gasteiger partial charge in [0.05, 0.1) is 44.4 Å². The Balaban J connectivity index is 0.000000219. The number of nitrogens with one attached hydrogen (secondary N) is 1. The van der Waals surface area contributed by atoms with Gasteiger partial charge in [-0.2, -0.15) is 10.2 Å². The number of nitrogens with zero attached hydrogens (tertiary/aromatic N) is 8. The van der Waals surface area contributed by atoms with Gasteiger partial charge in [0.2, 0.25) is 0 Å². The SMILES string of the molecule is Nc1ncc(Br)c2nn(C3CCCCO3)cc12.Nc1ncc(NC(=O)C(=O)N(Cc2ccccc2)Cc2ncccc2Cl)c2nn(C3CCCCO3)cc12. The number of amides is 2. The number of carbonyl (C=O) groups excluding carboxylic acids is 2. The number of carbonyl (C=O) groups is 2. The number of hydrogen-bond acceptors (Lipinski definition) is 11. The first-order valence-corrected chi connectivity index (χ1v) is 18.8. The van der Waals surface area contributed by atoms with Crippen molar-refractivity contribution in [1.29, 1.82) is 0 Å². The molecule has 2 saturated heterocycles. The summed E-state index contributed by atoms with van der Waals surface area (Å²) in [5.74, 6) is -0.799. The van der Waals surface area contributed by atoms with E-state index in [4.69, 9.17) is 32.5 Å². The molecule has 6 aromatic rings. The molecule has 2 unspecified atom stereocenters. The van der Waals surface area contributed by atoms with Crippen molar-refractivity contribution in [3.05, 3.63) is 94.2 Å². The van der Waals surface area contributed by atoms with Crippen LogP contribution in [0.2, 0.25) is 5.02 Å². The second-order valence-corrected chi connectivity index (χ2v) is 14.2.